The van der Waals surface area contributed by atoms with Crippen LogP contribution in [0.5, 0.6) is 0 Å². The molecular weight excluding hydrogens is 332 g/mol. The largest absolute Gasteiger partial charge is 0.340 e. The number of likely N-dealkylation sites (N-methyl/N-ethyl adjacent to an activating group) is 1. The summed E-state index contributed by atoms with van der Waals surface area (Å²) in [6.07, 6.45) is 2.06. The van der Waals surface area contributed by atoms with Gasteiger partial charge in [0.15, 0.2) is 0 Å². The lowest BCUT2D eigenvalue weighted by Crippen LogP contribution is -2.24. The first-order chi connectivity index (χ1) is 12.1. The van der Waals surface area contributed by atoms with Crippen LogP contribution in [0.25, 0.3) is 10.9 Å². The van der Waals surface area contributed by atoms with E-state index >= 15 is 0 Å². The van der Waals surface area contributed by atoms with Crippen molar-refractivity contribution >= 4 is 33.8 Å². The lowest BCUT2D eigenvalue weighted by Gasteiger charge is -2.16. The third kappa shape index (κ3) is 2.55. The Labute approximate surface area is 150 Å². The van der Waals surface area contributed by atoms with E-state index in [1.54, 1.807) is 7.05 Å². The van der Waals surface area contributed by atoms with Crippen molar-refractivity contribution < 1.29 is 9.59 Å². The van der Waals surface area contributed by atoms with E-state index in [0.717, 1.165) is 28.2 Å². The number of amides is 2. The number of rotatable bonds is 3. The van der Waals surface area contributed by atoms with E-state index < -0.39 is 5.25 Å². The molecular formula is C20H18N2O2S. The number of aromatic nitrogens is 1. The molecule has 0 spiro atoms. The minimum Gasteiger partial charge on any atom is -0.340 e. The highest BCUT2D eigenvalue weighted by molar-refractivity contribution is 8.15. The first-order valence-electron chi connectivity index (χ1n) is 8.20. The minimum absolute atomic E-state index is 0.147. The van der Waals surface area contributed by atoms with Gasteiger partial charge in [0.2, 0.25) is 5.91 Å². The number of hydrogen-bond acceptors (Lipinski definition) is 3. The van der Waals surface area contributed by atoms with Gasteiger partial charge in [-0.15, -0.1) is 0 Å². The molecule has 0 aliphatic carbocycles. The Kier molecular flexibility index (Phi) is 3.88. The van der Waals surface area contributed by atoms with E-state index in [9.17, 15) is 9.59 Å². The molecule has 1 aromatic heterocycles. The maximum Gasteiger partial charge on any atom is 0.289 e. The smallest absolute Gasteiger partial charge is 0.289 e. The van der Waals surface area contributed by atoms with Crippen LogP contribution in [0.4, 0.5) is 4.79 Å². The Morgan fingerprint density at radius 1 is 1.00 bits per heavy atom. The van der Waals surface area contributed by atoms with Crippen molar-refractivity contribution in [3.05, 3.63) is 71.9 Å². The van der Waals surface area contributed by atoms with Gasteiger partial charge in [0.25, 0.3) is 5.24 Å². The van der Waals surface area contributed by atoms with Crippen LogP contribution in [-0.2, 0) is 4.79 Å². The Hall–Kier alpha value is -2.53. The lowest BCUT2D eigenvalue weighted by molar-refractivity contribution is -0.125. The zero-order valence-corrected chi connectivity index (χ0v) is 14.9. The second-order valence-corrected chi connectivity index (χ2v) is 7.31. The average Bonchev–Trinajstić information content (AvgIpc) is 3.18. The molecule has 0 saturated carbocycles. The fraction of sp³-hybridized carbons (Fsp3) is 0.200. The number of benzene rings is 2. The Bertz CT molecular complexity index is 964. The summed E-state index contributed by atoms with van der Waals surface area (Å²) in [6.45, 7) is 2.16. The maximum atomic E-state index is 12.4. The van der Waals surface area contributed by atoms with Crippen molar-refractivity contribution in [1.82, 2.24) is 9.47 Å². The standard InChI is InChI=1S/C20H18N2O2S/c1-13(14-7-4-3-5-8-14)22-12-11-15-16(9-6-10-17(15)22)18-19(23)21(2)20(24)25-18/h3-13,18H,1-2H3. The summed E-state index contributed by atoms with van der Waals surface area (Å²) in [7, 11) is 1.54. The van der Waals surface area contributed by atoms with Gasteiger partial charge in [-0.1, -0.05) is 42.5 Å². The van der Waals surface area contributed by atoms with Gasteiger partial charge in [-0.05, 0) is 41.9 Å². The normalized spacial score (nSPS) is 19.0. The van der Waals surface area contributed by atoms with Gasteiger partial charge < -0.3 is 4.57 Å². The van der Waals surface area contributed by atoms with Crippen molar-refractivity contribution in [2.24, 2.45) is 0 Å². The zero-order valence-electron chi connectivity index (χ0n) is 14.0. The van der Waals surface area contributed by atoms with Crippen LogP contribution in [0.2, 0.25) is 0 Å². The molecule has 2 aromatic carbocycles. The van der Waals surface area contributed by atoms with Gasteiger partial charge in [-0.3, -0.25) is 14.5 Å². The van der Waals surface area contributed by atoms with Gasteiger partial charge in [-0.2, -0.15) is 0 Å². The fourth-order valence-corrected chi connectivity index (χ4v) is 4.40. The molecule has 0 radical (unpaired) electrons. The molecule has 3 aromatic rings. The van der Waals surface area contributed by atoms with Gasteiger partial charge in [0, 0.05) is 24.1 Å². The summed E-state index contributed by atoms with van der Waals surface area (Å²) < 4.78 is 2.21. The average molecular weight is 350 g/mol. The predicted molar refractivity (Wildman–Crippen MR) is 101 cm³/mol. The molecule has 2 heterocycles. The number of carbonyl (C=O) groups excluding carboxylic acids is 2. The summed E-state index contributed by atoms with van der Waals surface area (Å²) in [5.41, 5.74) is 3.21. The molecule has 2 amide bonds. The molecule has 2 atom stereocenters. The Balaban J connectivity index is 1.79. The van der Waals surface area contributed by atoms with Crippen molar-refractivity contribution in [2.45, 2.75) is 18.2 Å². The number of nitrogens with zero attached hydrogens (tertiary/aromatic N) is 2. The van der Waals surface area contributed by atoms with Crippen LogP contribution in [0.3, 0.4) is 0 Å². The third-order valence-electron chi connectivity index (χ3n) is 4.83. The van der Waals surface area contributed by atoms with E-state index in [1.165, 1.54) is 10.5 Å². The molecule has 0 N–H and O–H groups in total. The van der Waals surface area contributed by atoms with Crippen molar-refractivity contribution in [2.75, 3.05) is 7.05 Å². The van der Waals surface area contributed by atoms with Crippen molar-refractivity contribution in [3.8, 4) is 0 Å². The third-order valence-corrected chi connectivity index (χ3v) is 5.99. The first-order valence-corrected chi connectivity index (χ1v) is 9.08. The summed E-state index contributed by atoms with van der Waals surface area (Å²) in [4.78, 5) is 25.5. The number of hydrogen-bond donors (Lipinski definition) is 0. The molecule has 126 valence electrons. The number of carbonyl (C=O) groups is 2. The summed E-state index contributed by atoms with van der Waals surface area (Å²) in [6, 6.07) is 18.5. The fourth-order valence-electron chi connectivity index (χ4n) is 3.36. The molecule has 1 saturated heterocycles. The predicted octanol–water partition coefficient (Wildman–Crippen LogP) is 4.62. The molecule has 5 heteroatoms. The second kappa shape index (κ2) is 6.08. The summed E-state index contributed by atoms with van der Waals surface area (Å²) in [5, 5.41) is 0.382. The molecule has 1 aliphatic heterocycles. The van der Waals surface area contributed by atoms with Crippen LogP contribution < -0.4 is 0 Å². The van der Waals surface area contributed by atoms with E-state index in [-0.39, 0.29) is 17.2 Å². The highest BCUT2D eigenvalue weighted by Gasteiger charge is 2.39. The van der Waals surface area contributed by atoms with Crippen LogP contribution >= 0.6 is 11.8 Å². The van der Waals surface area contributed by atoms with Crippen LogP contribution in [0.15, 0.2) is 60.8 Å². The number of thioether (sulfide) groups is 1. The Morgan fingerprint density at radius 3 is 2.44 bits per heavy atom. The molecule has 0 bridgehead atoms. The monoisotopic (exact) mass is 350 g/mol. The van der Waals surface area contributed by atoms with E-state index in [1.807, 2.05) is 36.4 Å². The molecule has 25 heavy (non-hydrogen) atoms. The van der Waals surface area contributed by atoms with Gasteiger partial charge in [-0.25, -0.2) is 0 Å². The van der Waals surface area contributed by atoms with Crippen LogP contribution in [0.1, 0.15) is 29.3 Å². The topological polar surface area (TPSA) is 42.3 Å². The molecule has 4 nitrogen and oxygen atoms in total. The first kappa shape index (κ1) is 16.0. The molecule has 1 fully saturated rings. The van der Waals surface area contributed by atoms with Crippen LogP contribution in [0, 0.1) is 0 Å². The maximum absolute atomic E-state index is 12.4. The van der Waals surface area contributed by atoms with Gasteiger partial charge in [0.05, 0.1) is 6.04 Å². The number of imide groups is 1. The minimum atomic E-state index is -0.455. The van der Waals surface area contributed by atoms with Crippen molar-refractivity contribution in [1.29, 1.82) is 0 Å². The second-order valence-electron chi connectivity index (χ2n) is 6.25. The van der Waals surface area contributed by atoms with E-state index in [2.05, 4.69) is 35.9 Å². The van der Waals surface area contributed by atoms with Gasteiger partial charge in [0.1, 0.15) is 5.25 Å². The molecule has 2 unspecified atom stereocenters. The zero-order chi connectivity index (χ0) is 17.6. The highest BCUT2D eigenvalue weighted by Crippen LogP contribution is 2.41. The van der Waals surface area contributed by atoms with E-state index in [4.69, 9.17) is 0 Å². The Morgan fingerprint density at radius 2 is 1.76 bits per heavy atom. The molecule has 1 aliphatic rings. The van der Waals surface area contributed by atoms with E-state index in [0.29, 0.717) is 0 Å². The van der Waals surface area contributed by atoms with Crippen molar-refractivity contribution in [3.63, 3.8) is 0 Å². The highest BCUT2D eigenvalue weighted by atomic mass is 32.2. The lowest BCUT2D eigenvalue weighted by atomic mass is 10.1. The summed E-state index contributed by atoms with van der Waals surface area (Å²) >= 11 is 1.09. The van der Waals surface area contributed by atoms with Crippen LogP contribution in [-0.4, -0.2) is 27.7 Å². The SMILES string of the molecule is CC(c1ccccc1)n1ccc2c(C3SC(=O)N(C)C3=O)cccc21. The quantitative estimate of drug-likeness (QED) is 0.692. The molecule has 4 rings (SSSR count). The van der Waals surface area contributed by atoms with Gasteiger partial charge >= 0.3 is 0 Å². The number of fused-ring (bicyclic) bond motifs is 1. The summed E-state index contributed by atoms with van der Waals surface area (Å²) in [5.74, 6) is -0.147.